The highest BCUT2D eigenvalue weighted by atomic mass is 35.5. The van der Waals surface area contributed by atoms with Crippen LogP contribution >= 0.6 is 23.2 Å². The molecule has 0 aliphatic carbocycles. The van der Waals surface area contributed by atoms with Gasteiger partial charge in [-0.15, -0.1) is 0 Å². The number of halogens is 2. The fourth-order valence-corrected chi connectivity index (χ4v) is 3.95. The topological polar surface area (TPSA) is 52.7 Å². The smallest absolute Gasteiger partial charge is 0.253 e. The van der Waals surface area contributed by atoms with Gasteiger partial charge in [0.15, 0.2) is 0 Å². The minimum absolute atomic E-state index is 0.000223. The Labute approximate surface area is 203 Å². The molecule has 4 rings (SSSR count). The van der Waals surface area contributed by atoms with Crippen molar-refractivity contribution >= 4 is 52.5 Å². The summed E-state index contributed by atoms with van der Waals surface area (Å²) >= 11 is 11.8. The Balaban J connectivity index is 1.38. The number of hydrogen-bond donors (Lipinski definition) is 1. The molecule has 1 saturated heterocycles. The minimum Gasteiger partial charge on any atom is -0.366 e. The van der Waals surface area contributed by atoms with Crippen LogP contribution in [0, 0.1) is 0 Å². The second kappa shape index (κ2) is 10.6. The molecule has 5 nitrogen and oxygen atoms in total. The lowest BCUT2D eigenvalue weighted by Crippen LogP contribution is -2.49. The highest BCUT2D eigenvalue weighted by Crippen LogP contribution is 2.27. The van der Waals surface area contributed by atoms with Crippen molar-refractivity contribution in [3.05, 3.63) is 100 Å². The van der Waals surface area contributed by atoms with E-state index in [4.69, 9.17) is 23.2 Å². The quantitative estimate of drug-likeness (QED) is 0.484. The first kappa shape index (κ1) is 22.9. The third kappa shape index (κ3) is 5.95. The molecule has 1 aliphatic heterocycles. The van der Waals surface area contributed by atoms with Gasteiger partial charge in [-0.25, -0.2) is 0 Å². The molecule has 0 atom stereocenters. The molecular formula is C26H23Cl2N3O2. The zero-order valence-electron chi connectivity index (χ0n) is 17.9. The van der Waals surface area contributed by atoms with Crippen molar-refractivity contribution in [1.82, 2.24) is 4.90 Å². The Bertz CT molecular complexity index is 1150. The van der Waals surface area contributed by atoms with Crippen molar-refractivity contribution in [2.45, 2.75) is 0 Å². The number of nitrogens with zero attached hydrogens (tertiary/aromatic N) is 2. The van der Waals surface area contributed by atoms with Crippen LogP contribution < -0.4 is 10.2 Å². The molecule has 7 heteroatoms. The van der Waals surface area contributed by atoms with Gasteiger partial charge in [0.1, 0.15) is 0 Å². The largest absolute Gasteiger partial charge is 0.366 e. The summed E-state index contributed by atoms with van der Waals surface area (Å²) in [6, 6.07) is 21.9. The van der Waals surface area contributed by atoms with Gasteiger partial charge in [-0.05, 0) is 60.2 Å². The molecule has 0 radical (unpaired) electrons. The maximum atomic E-state index is 12.8. The van der Waals surface area contributed by atoms with E-state index in [9.17, 15) is 9.59 Å². The summed E-state index contributed by atoms with van der Waals surface area (Å²) in [7, 11) is 0. The highest BCUT2D eigenvalue weighted by Gasteiger charge is 2.23. The molecule has 3 aromatic carbocycles. The fraction of sp³-hybridized carbons (Fsp3) is 0.154. The number of hydrogen-bond acceptors (Lipinski definition) is 3. The van der Waals surface area contributed by atoms with Crippen LogP contribution in [0.2, 0.25) is 10.0 Å². The molecular weight excluding hydrogens is 457 g/mol. The number of amides is 2. The summed E-state index contributed by atoms with van der Waals surface area (Å²) in [5.74, 6) is -0.214. The number of piperazine rings is 1. The van der Waals surface area contributed by atoms with Gasteiger partial charge in [0.2, 0.25) is 5.91 Å². The summed E-state index contributed by atoms with van der Waals surface area (Å²) < 4.78 is 0. The van der Waals surface area contributed by atoms with E-state index in [2.05, 4.69) is 10.2 Å². The molecule has 1 N–H and O–H groups in total. The third-order valence-electron chi connectivity index (χ3n) is 5.46. The van der Waals surface area contributed by atoms with Gasteiger partial charge >= 0.3 is 0 Å². The number of carbonyl (C=O) groups excluding carboxylic acids is 2. The van der Waals surface area contributed by atoms with Crippen molar-refractivity contribution < 1.29 is 9.59 Å². The van der Waals surface area contributed by atoms with Crippen molar-refractivity contribution in [3.8, 4) is 0 Å². The second-order valence-corrected chi connectivity index (χ2v) is 8.55. The maximum absolute atomic E-state index is 12.8. The van der Waals surface area contributed by atoms with E-state index in [1.165, 1.54) is 6.08 Å². The van der Waals surface area contributed by atoms with Crippen molar-refractivity contribution in [2.75, 3.05) is 36.4 Å². The van der Waals surface area contributed by atoms with Crippen molar-refractivity contribution in [3.63, 3.8) is 0 Å². The molecule has 0 spiro atoms. The molecule has 0 bridgehead atoms. The lowest BCUT2D eigenvalue weighted by molar-refractivity contribution is -0.111. The number of carbonyl (C=O) groups is 2. The van der Waals surface area contributed by atoms with E-state index >= 15 is 0 Å². The predicted octanol–water partition coefficient (Wildman–Crippen LogP) is 5.61. The van der Waals surface area contributed by atoms with Gasteiger partial charge in [0, 0.05) is 47.9 Å². The monoisotopic (exact) mass is 479 g/mol. The van der Waals surface area contributed by atoms with Crippen LogP contribution in [-0.2, 0) is 4.79 Å². The number of rotatable bonds is 5. The first-order valence-electron chi connectivity index (χ1n) is 10.6. The molecule has 0 unspecified atom stereocenters. The van der Waals surface area contributed by atoms with Crippen LogP contribution in [0.15, 0.2) is 78.9 Å². The second-order valence-electron chi connectivity index (χ2n) is 7.68. The van der Waals surface area contributed by atoms with Gasteiger partial charge in [0.05, 0.1) is 11.4 Å². The Morgan fingerprint density at radius 2 is 1.39 bits per heavy atom. The van der Waals surface area contributed by atoms with E-state index < -0.39 is 0 Å². The zero-order chi connectivity index (χ0) is 23.2. The van der Waals surface area contributed by atoms with E-state index in [-0.39, 0.29) is 11.8 Å². The van der Waals surface area contributed by atoms with E-state index in [0.717, 1.165) is 16.9 Å². The summed E-state index contributed by atoms with van der Waals surface area (Å²) in [6.07, 6.45) is 3.25. The maximum Gasteiger partial charge on any atom is 0.253 e. The molecule has 0 aromatic heterocycles. The lowest BCUT2D eigenvalue weighted by Gasteiger charge is -2.37. The molecule has 1 fully saturated rings. The van der Waals surface area contributed by atoms with Gasteiger partial charge < -0.3 is 15.1 Å². The van der Waals surface area contributed by atoms with Crippen LogP contribution in [0.1, 0.15) is 15.9 Å². The summed E-state index contributed by atoms with van der Waals surface area (Å²) in [4.78, 5) is 29.3. The predicted molar refractivity (Wildman–Crippen MR) is 135 cm³/mol. The molecule has 1 heterocycles. The van der Waals surface area contributed by atoms with Crippen LogP contribution in [0.3, 0.4) is 0 Å². The number of para-hydroxylation sites is 2. The molecule has 1 aliphatic rings. The first-order chi connectivity index (χ1) is 16.0. The van der Waals surface area contributed by atoms with E-state index in [0.29, 0.717) is 41.8 Å². The molecule has 168 valence electrons. The zero-order valence-corrected chi connectivity index (χ0v) is 19.4. The molecule has 2 amide bonds. The molecule has 33 heavy (non-hydrogen) atoms. The van der Waals surface area contributed by atoms with E-state index in [1.54, 1.807) is 42.5 Å². The molecule has 3 aromatic rings. The number of nitrogens with one attached hydrogen (secondary N) is 1. The van der Waals surface area contributed by atoms with Crippen molar-refractivity contribution in [2.24, 2.45) is 0 Å². The summed E-state index contributed by atoms with van der Waals surface area (Å²) in [5.41, 5.74) is 3.20. The highest BCUT2D eigenvalue weighted by molar-refractivity contribution is 6.30. The van der Waals surface area contributed by atoms with Crippen LogP contribution in [0.5, 0.6) is 0 Å². The lowest BCUT2D eigenvalue weighted by atomic mass is 10.1. The average molecular weight is 480 g/mol. The SMILES string of the molecule is O=C(/C=C/c1ccc(Cl)cc1)Nc1ccccc1N1CCN(C(=O)c2ccc(Cl)cc2)CC1. The Morgan fingerprint density at radius 3 is 2.06 bits per heavy atom. The third-order valence-corrected chi connectivity index (χ3v) is 5.96. The Kier molecular flexibility index (Phi) is 7.33. The molecule has 0 saturated carbocycles. The van der Waals surface area contributed by atoms with Crippen LogP contribution in [0.4, 0.5) is 11.4 Å². The van der Waals surface area contributed by atoms with E-state index in [1.807, 2.05) is 41.3 Å². The van der Waals surface area contributed by atoms with Gasteiger partial charge in [-0.2, -0.15) is 0 Å². The fourth-order valence-electron chi connectivity index (χ4n) is 3.70. The number of benzene rings is 3. The standard InChI is InChI=1S/C26H23Cl2N3O2/c27-21-10-5-19(6-11-21)7-14-25(32)29-23-3-1-2-4-24(23)30-15-17-31(18-16-30)26(33)20-8-12-22(28)13-9-20/h1-14H,15-18H2,(H,29,32)/b14-7+. The minimum atomic E-state index is -0.214. The van der Waals surface area contributed by atoms with Crippen LogP contribution in [-0.4, -0.2) is 42.9 Å². The first-order valence-corrected chi connectivity index (χ1v) is 11.4. The van der Waals surface area contributed by atoms with Gasteiger partial charge in [0.25, 0.3) is 5.91 Å². The van der Waals surface area contributed by atoms with Crippen molar-refractivity contribution in [1.29, 1.82) is 0 Å². The summed E-state index contributed by atoms with van der Waals surface area (Å²) in [6.45, 7) is 2.54. The van der Waals surface area contributed by atoms with Gasteiger partial charge in [-0.1, -0.05) is 47.5 Å². The Hall–Kier alpha value is -3.28. The summed E-state index contributed by atoms with van der Waals surface area (Å²) in [5, 5.41) is 4.23. The number of anilines is 2. The van der Waals surface area contributed by atoms with Crippen LogP contribution in [0.25, 0.3) is 6.08 Å². The van der Waals surface area contributed by atoms with Gasteiger partial charge in [-0.3, -0.25) is 9.59 Å². The average Bonchev–Trinajstić information content (AvgIpc) is 2.84. The Morgan fingerprint density at radius 1 is 0.788 bits per heavy atom. The normalized spacial score (nSPS) is 13.9.